The minimum Gasteiger partial charge on any atom is -0.363 e. The Hall–Kier alpha value is -1.85. The van der Waals surface area contributed by atoms with Crippen molar-refractivity contribution >= 4 is 17.7 Å². The van der Waals surface area contributed by atoms with E-state index in [9.17, 15) is 4.79 Å². The number of carbonyl (C=O) groups excluding carboxylic acids is 1. The molecular formula is C16H25N5O. The third-order valence-electron chi connectivity index (χ3n) is 4.36. The molecule has 120 valence electrons. The minimum absolute atomic E-state index is 0.148. The van der Waals surface area contributed by atoms with Gasteiger partial charge in [-0.05, 0) is 32.6 Å². The van der Waals surface area contributed by atoms with E-state index in [2.05, 4.69) is 20.2 Å². The number of anilines is 2. The van der Waals surface area contributed by atoms with Crippen molar-refractivity contribution in [1.29, 1.82) is 0 Å². The van der Waals surface area contributed by atoms with Crippen molar-refractivity contribution in [2.75, 3.05) is 37.0 Å². The van der Waals surface area contributed by atoms with Crippen LogP contribution in [0.4, 0.5) is 11.8 Å². The summed E-state index contributed by atoms with van der Waals surface area (Å²) in [5.74, 6) is 2.09. The summed E-state index contributed by atoms with van der Waals surface area (Å²) < 4.78 is 0. The summed E-state index contributed by atoms with van der Waals surface area (Å²) in [5.41, 5.74) is 0.974. The van der Waals surface area contributed by atoms with Crippen LogP contribution in [0.15, 0.2) is 6.07 Å². The second kappa shape index (κ2) is 6.10. The predicted molar refractivity (Wildman–Crippen MR) is 87.2 cm³/mol. The van der Waals surface area contributed by atoms with Gasteiger partial charge in [-0.25, -0.2) is 4.98 Å². The maximum Gasteiger partial charge on any atom is 0.227 e. The average Bonchev–Trinajstić information content (AvgIpc) is 3.30. The number of aromatic nitrogens is 2. The van der Waals surface area contributed by atoms with Gasteiger partial charge in [0.2, 0.25) is 11.9 Å². The molecule has 1 saturated heterocycles. The quantitative estimate of drug-likeness (QED) is 0.909. The number of carbonyl (C=O) groups is 1. The maximum atomic E-state index is 12.1. The van der Waals surface area contributed by atoms with E-state index in [1.807, 2.05) is 32.0 Å². The summed E-state index contributed by atoms with van der Waals surface area (Å²) >= 11 is 0. The molecule has 3 rings (SSSR count). The molecule has 1 aliphatic carbocycles. The predicted octanol–water partition coefficient (Wildman–Crippen LogP) is 1.35. The number of nitrogens with zero attached hydrogens (tertiary/aromatic N) is 4. The van der Waals surface area contributed by atoms with Gasteiger partial charge in [0, 0.05) is 50.9 Å². The second-order valence-electron chi connectivity index (χ2n) is 6.61. The van der Waals surface area contributed by atoms with Gasteiger partial charge in [-0.1, -0.05) is 0 Å². The Labute approximate surface area is 131 Å². The Morgan fingerprint density at radius 2 is 1.91 bits per heavy atom. The highest BCUT2D eigenvalue weighted by molar-refractivity contribution is 5.79. The third-order valence-corrected chi connectivity index (χ3v) is 4.36. The van der Waals surface area contributed by atoms with E-state index in [0.717, 1.165) is 56.2 Å². The van der Waals surface area contributed by atoms with E-state index in [1.165, 1.54) is 0 Å². The first-order chi connectivity index (χ1) is 10.5. The van der Waals surface area contributed by atoms with Crippen LogP contribution in [0.25, 0.3) is 0 Å². The highest BCUT2D eigenvalue weighted by Gasteiger charge is 2.30. The van der Waals surface area contributed by atoms with Crippen molar-refractivity contribution in [2.45, 2.75) is 38.6 Å². The van der Waals surface area contributed by atoms with Gasteiger partial charge in [0.05, 0.1) is 0 Å². The molecule has 1 saturated carbocycles. The maximum absolute atomic E-state index is 12.1. The average molecular weight is 303 g/mol. The highest BCUT2D eigenvalue weighted by atomic mass is 16.2. The Balaban J connectivity index is 1.62. The first-order valence-electron chi connectivity index (χ1n) is 8.11. The van der Waals surface area contributed by atoms with Crippen LogP contribution in [0.1, 0.15) is 31.4 Å². The molecular weight excluding hydrogens is 278 g/mol. The van der Waals surface area contributed by atoms with Crippen LogP contribution in [0.2, 0.25) is 0 Å². The van der Waals surface area contributed by atoms with Crippen LogP contribution in [0.5, 0.6) is 0 Å². The standard InChI is InChI=1S/C16H25N5O/c1-11-10-14(20(2)3)19-16(17-11)21-8-6-12(7-9-21)15(22)18-13-4-5-13/h10,12-13H,4-9H2,1-3H3,(H,18,22). The number of hydrogen-bond donors (Lipinski definition) is 1. The van der Waals surface area contributed by atoms with Gasteiger partial charge in [-0.15, -0.1) is 0 Å². The van der Waals surface area contributed by atoms with Crippen molar-refractivity contribution in [1.82, 2.24) is 15.3 Å². The zero-order chi connectivity index (χ0) is 15.7. The lowest BCUT2D eigenvalue weighted by molar-refractivity contribution is -0.125. The Kier molecular flexibility index (Phi) is 4.18. The number of hydrogen-bond acceptors (Lipinski definition) is 5. The fourth-order valence-corrected chi connectivity index (χ4v) is 2.80. The van der Waals surface area contributed by atoms with Crippen LogP contribution in [-0.2, 0) is 4.79 Å². The Morgan fingerprint density at radius 3 is 2.50 bits per heavy atom. The van der Waals surface area contributed by atoms with E-state index in [-0.39, 0.29) is 11.8 Å². The SMILES string of the molecule is Cc1cc(N(C)C)nc(N2CCC(C(=O)NC3CC3)CC2)n1. The summed E-state index contributed by atoms with van der Waals surface area (Å²) in [4.78, 5) is 25.5. The first kappa shape index (κ1) is 15.1. The van der Waals surface area contributed by atoms with Crippen LogP contribution < -0.4 is 15.1 Å². The van der Waals surface area contributed by atoms with E-state index in [1.54, 1.807) is 0 Å². The summed E-state index contributed by atoms with van der Waals surface area (Å²) in [7, 11) is 3.97. The lowest BCUT2D eigenvalue weighted by Gasteiger charge is -2.32. The molecule has 1 aromatic heterocycles. The molecule has 0 bridgehead atoms. The molecule has 6 heteroatoms. The van der Waals surface area contributed by atoms with Crippen LogP contribution in [0.3, 0.4) is 0 Å². The van der Waals surface area contributed by atoms with Gasteiger partial charge in [-0.2, -0.15) is 4.98 Å². The van der Waals surface area contributed by atoms with E-state index >= 15 is 0 Å². The van der Waals surface area contributed by atoms with E-state index < -0.39 is 0 Å². The van der Waals surface area contributed by atoms with Gasteiger partial charge < -0.3 is 15.1 Å². The molecule has 1 amide bonds. The van der Waals surface area contributed by atoms with Crippen LogP contribution in [0, 0.1) is 12.8 Å². The van der Waals surface area contributed by atoms with Gasteiger partial charge in [0.25, 0.3) is 0 Å². The molecule has 2 fully saturated rings. The number of nitrogens with one attached hydrogen (secondary N) is 1. The highest BCUT2D eigenvalue weighted by Crippen LogP contribution is 2.25. The monoisotopic (exact) mass is 303 g/mol. The van der Waals surface area contributed by atoms with Crippen LogP contribution >= 0.6 is 0 Å². The molecule has 1 aliphatic heterocycles. The van der Waals surface area contributed by atoms with Gasteiger partial charge in [0.15, 0.2) is 0 Å². The summed E-state index contributed by atoms with van der Waals surface area (Å²) in [6.07, 6.45) is 4.06. The van der Waals surface area contributed by atoms with Crippen LogP contribution in [-0.4, -0.2) is 49.1 Å². The normalized spacial score (nSPS) is 19.1. The first-order valence-corrected chi connectivity index (χ1v) is 8.11. The van der Waals surface area contributed by atoms with Gasteiger partial charge in [-0.3, -0.25) is 4.79 Å². The molecule has 0 atom stereocenters. The third kappa shape index (κ3) is 3.48. The lowest BCUT2D eigenvalue weighted by Crippen LogP contribution is -2.41. The Bertz CT molecular complexity index is 547. The van der Waals surface area contributed by atoms with E-state index in [4.69, 9.17) is 0 Å². The second-order valence-corrected chi connectivity index (χ2v) is 6.61. The Morgan fingerprint density at radius 1 is 1.23 bits per heavy atom. The summed E-state index contributed by atoms with van der Waals surface area (Å²) in [6, 6.07) is 2.44. The summed E-state index contributed by atoms with van der Waals surface area (Å²) in [6.45, 7) is 3.69. The van der Waals surface area contributed by atoms with E-state index in [0.29, 0.717) is 6.04 Å². The van der Waals surface area contributed by atoms with Gasteiger partial charge in [0.1, 0.15) is 5.82 Å². The number of amides is 1. The fourth-order valence-electron chi connectivity index (χ4n) is 2.80. The number of aryl methyl sites for hydroxylation is 1. The molecule has 2 aliphatic rings. The van der Waals surface area contributed by atoms with Crippen molar-refractivity contribution in [3.8, 4) is 0 Å². The molecule has 6 nitrogen and oxygen atoms in total. The molecule has 22 heavy (non-hydrogen) atoms. The molecule has 0 radical (unpaired) electrons. The molecule has 1 N–H and O–H groups in total. The smallest absolute Gasteiger partial charge is 0.227 e. The largest absolute Gasteiger partial charge is 0.363 e. The minimum atomic E-state index is 0.148. The zero-order valence-corrected chi connectivity index (χ0v) is 13.7. The van der Waals surface area contributed by atoms with Gasteiger partial charge >= 0.3 is 0 Å². The van der Waals surface area contributed by atoms with Crippen molar-refractivity contribution in [3.63, 3.8) is 0 Å². The van der Waals surface area contributed by atoms with Crippen molar-refractivity contribution in [3.05, 3.63) is 11.8 Å². The lowest BCUT2D eigenvalue weighted by atomic mass is 9.96. The number of rotatable bonds is 4. The van der Waals surface area contributed by atoms with Crippen molar-refractivity contribution in [2.24, 2.45) is 5.92 Å². The topological polar surface area (TPSA) is 61.4 Å². The number of piperidine rings is 1. The molecule has 0 aromatic carbocycles. The summed E-state index contributed by atoms with van der Waals surface area (Å²) in [5, 5.41) is 3.12. The molecule has 0 unspecified atom stereocenters. The fraction of sp³-hybridized carbons (Fsp3) is 0.688. The van der Waals surface area contributed by atoms with Crippen molar-refractivity contribution < 1.29 is 4.79 Å². The molecule has 1 aromatic rings. The molecule has 2 heterocycles. The zero-order valence-electron chi connectivity index (χ0n) is 13.7. The molecule has 0 spiro atoms.